The number of rotatable bonds is 2. The minimum Gasteiger partial charge on any atom is -0.398 e. The van der Waals surface area contributed by atoms with E-state index in [0.717, 1.165) is 4.47 Å². The highest BCUT2D eigenvalue weighted by Crippen LogP contribution is 2.22. The van der Waals surface area contributed by atoms with Crippen LogP contribution in [0.4, 0.5) is 5.69 Å². The Kier molecular flexibility index (Phi) is 3.54. The standard InChI is InChI=1S/C13H11BrN2O/c14-10-3-4-12(15)11(8-10)13(17)9-2-1-6-16-7-5-9/h1,3-8H,2,15H2. The van der Waals surface area contributed by atoms with Gasteiger partial charge in [-0.3, -0.25) is 9.79 Å². The number of carbonyl (C=O) groups excluding carboxylic acids is 1. The van der Waals surface area contributed by atoms with Crippen LogP contribution in [-0.4, -0.2) is 12.0 Å². The van der Waals surface area contributed by atoms with Crippen molar-refractivity contribution in [2.24, 2.45) is 4.99 Å². The molecule has 0 fully saturated rings. The first kappa shape index (κ1) is 11.8. The molecule has 1 aliphatic heterocycles. The number of halogens is 1. The number of anilines is 1. The van der Waals surface area contributed by atoms with E-state index in [2.05, 4.69) is 20.9 Å². The normalized spacial score (nSPS) is 14.3. The SMILES string of the molecule is Nc1ccc(Br)cc1C(=O)C1=CC=NC=CC1. The number of hydrogen-bond donors (Lipinski definition) is 1. The van der Waals surface area contributed by atoms with Gasteiger partial charge in [-0.25, -0.2) is 0 Å². The summed E-state index contributed by atoms with van der Waals surface area (Å²) in [5.74, 6) is -0.0539. The van der Waals surface area contributed by atoms with Crippen LogP contribution in [0.15, 0.2) is 51.6 Å². The summed E-state index contributed by atoms with van der Waals surface area (Å²) in [7, 11) is 0. The maximum atomic E-state index is 12.3. The first-order chi connectivity index (χ1) is 8.18. The lowest BCUT2D eigenvalue weighted by molar-refractivity contribution is 0.103. The van der Waals surface area contributed by atoms with E-state index in [-0.39, 0.29) is 5.78 Å². The average molecular weight is 291 g/mol. The van der Waals surface area contributed by atoms with Crippen LogP contribution in [-0.2, 0) is 0 Å². The van der Waals surface area contributed by atoms with Crippen LogP contribution in [0.5, 0.6) is 0 Å². The number of carbonyl (C=O) groups is 1. The summed E-state index contributed by atoms with van der Waals surface area (Å²) in [4.78, 5) is 16.2. The van der Waals surface area contributed by atoms with Crippen molar-refractivity contribution in [1.29, 1.82) is 0 Å². The number of benzene rings is 1. The van der Waals surface area contributed by atoms with Gasteiger partial charge in [0, 0.05) is 33.7 Å². The number of aliphatic imine (C=N–C) groups is 1. The summed E-state index contributed by atoms with van der Waals surface area (Å²) in [5.41, 5.74) is 7.52. The predicted molar refractivity (Wildman–Crippen MR) is 73.2 cm³/mol. The number of nitrogen functional groups attached to an aromatic ring is 1. The monoisotopic (exact) mass is 290 g/mol. The van der Waals surface area contributed by atoms with Crippen molar-refractivity contribution in [3.05, 3.63) is 52.2 Å². The van der Waals surface area contributed by atoms with Crippen LogP contribution in [0.1, 0.15) is 16.8 Å². The van der Waals surface area contributed by atoms with E-state index in [0.29, 0.717) is 23.2 Å². The van der Waals surface area contributed by atoms with E-state index in [1.807, 2.05) is 12.1 Å². The van der Waals surface area contributed by atoms with Crippen molar-refractivity contribution in [3.8, 4) is 0 Å². The van der Waals surface area contributed by atoms with Crippen molar-refractivity contribution >= 4 is 33.6 Å². The Labute approximate surface area is 108 Å². The molecule has 1 heterocycles. The van der Waals surface area contributed by atoms with Gasteiger partial charge in [0.15, 0.2) is 5.78 Å². The molecular weight excluding hydrogens is 280 g/mol. The molecule has 0 radical (unpaired) electrons. The number of Topliss-reactive ketones (excluding diaryl/α,β-unsaturated/α-hetero) is 1. The number of hydrogen-bond acceptors (Lipinski definition) is 3. The van der Waals surface area contributed by atoms with Crippen LogP contribution in [0.3, 0.4) is 0 Å². The summed E-state index contributed by atoms with van der Waals surface area (Å²) < 4.78 is 0.841. The molecule has 0 bridgehead atoms. The fourth-order valence-corrected chi connectivity index (χ4v) is 1.92. The Hall–Kier alpha value is -1.68. The molecule has 0 unspecified atom stereocenters. The second kappa shape index (κ2) is 5.10. The van der Waals surface area contributed by atoms with E-state index in [9.17, 15) is 4.79 Å². The van der Waals surface area contributed by atoms with Crippen molar-refractivity contribution in [2.75, 3.05) is 5.73 Å². The van der Waals surface area contributed by atoms with Crippen LogP contribution < -0.4 is 5.73 Å². The van der Waals surface area contributed by atoms with Crippen LogP contribution in [0, 0.1) is 0 Å². The number of nitrogens with zero attached hydrogens (tertiary/aromatic N) is 1. The fourth-order valence-electron chi connectivity index (χ4n) is 1.56. The van der Waals surface area contributed by atoms with Gasteiger partial charge in [-0.1, -0.05) is 22.0 Å². The predicted octanol–water partition coefficient (Wildman–Crippen LogP) is 3.13. The van der Waals surface area contributed by atoms with Crippen LogP contribution in [0.2, 0.25) is 0 Å². The summed E-state index contributed by atoms with van der Waals surface area (Å²) in [6, 6.07) is 5.28. The van der Waals surface area contributed by atoms with Crippen molar-refractivity contribution in [1.82, 2.24) is 0 Å². The molecule has 1 aliphatic rings. The largest absolute Gasteiger partial charge is 0.398 e. The number of allylic oxidation sites excluding steroid dienone is 3. The molecule has 0 aromatic heterocycles. The highest BCUT2D eigenvalue weighted by atomic mass is 79.9. The second-order valence-corrected chi connectivity index (χ2v) is 4.56. The Morgan fingerprint density at radius 3 is 3.06 bits per heavy atom. The van der Waals surface area contributed by atoms with Gasteiger partial charge in [0.2, 0.25) is 0 Å². The molecule has 86 valence electrons. The minimum absolute atomic E-state index is 0.0539. The van der Waals surface area contributed by atoms with Crippen LogP contribution in [0.25, 0.3) is 0 Å². The van der Waals surface area contributed by atoms with E-state index in [1.54, 1.807) is 30.6 Å². The van der Waals surface area contributed by atoms with Gasteiger partial charge in [-0.15, -0.1) is 0 Å². The van der Waals surface area contributed by atoms with Gasteiger partial charge in [0.25, 0.3) is 0 Å². The molecule has 0 atom stereocenters. The molecule has 0 spiro atoms. The van der Waals surface area contributed by atoms with E-state index < -0.39 is 0 Å². The van der Waals surface area contributed by atoms with Gasteiger partial charge < -0.3 is 5.73 Å². The smallest absolute Gasteiger partial charge is 0.191 e. The topological polar surface area (TPSA) is 55.5 Å². The second-order valence-electron chi connectivity index (χ2n) is 3.64. The number of nitrogens with two attached hydrogens (primary N) is 1. The Balaban J connectivity index is 2.37. The summed E-state index contributed by atoms with van der Waals surface area (Å²) in [6.45, 7) is 0. The van der Waals surface area contributed by atoms with Crippen molar-refractivity contribution < 1.29 is 4.79 Å². The summed E-state index contributed by atoms with van der Waals surface area (Å²) >= 11 is 3.34. The van der Waals surface area contributed by atoms with E-state index >= 15 is 0 Å². The number of ketones is 1. The molecule has 0 saturated carbocycles. The third-order valence-electron chi connectivity index (χ3n) is 2.44. The highest BCUT2D eigenvalue weighted by Gasteiger charge is 2.14. The van der Waals surface area contributed by atoms with Crippen molar-refractivity contribution in [2.45, 2.75) is 6.42 Å². The average Bonchev–Trinajstić information content (AvgIpc) is 2.60. The molecule has 17 heavy (non-hydrogen) atoms. The lowest BCUT2D eigenvalue weighted by Crippen LogP contribution is -2.07. The van der Waals surface area contributed by atoms with Gasteiger partial charge in [-0.05, 0) is 30.7 Å². The quantitative estimate of drug-likeness (QED) is 0.672. The molecular formula is C13H11BrN2O. The molecule has 4 heteroatoms. The van der Waals surface area contributed by atoms with Crippen LogP contribution >= 0.6 is 15.9 Å². The van der Waals surface area contributed by atoms with Gasteiger partial charge >= 0.3 is 0 Å². The lowest BCUT2D eigenvalue weighted by atomic mass is 9.99. The van der Waals surface area contributed by atoms with E-state index in [1.165, 1.54) is 0 Å². The fraction of sp³-hybridized carbons (Fsp3) is 0.0769. The highest BCUT2D eigenvalue weighted by molar-refractivity contribution is 9.10. The third kappa shape index (κ3) is 2.71. The van der Waals surface area contributed by atoms with Gasteiger partial charge in [-0.2, -0.15) is 0 Å². The van der Waals surface area contributed by atoms with Gasteiger partial charge in [0.1, 0.15) is 0 Å². The lowest BCUT2D eigenvalue weighted by Gasteiger charge is -2.06. The minimum atomic E-state index is -0.0539. The molecule has 1 aromatic carbocycles. The Morgan fingerprint density at radius 1 is 1.41 bits per heavy atom. The third-order valence-corrected chi connectivity index (χ3v) is 2.94. The molecule has 3 nitrogen and oxygen atoms in total. The maximum Gasteiger partial charge on any atom is 0.191 e. The zero-order valence-corrected chi connectivity index (χ0v) is 10.6. The molecule has 0 aliphatic carbocycles. The zero-order valence-electron chi connectivity index (χ0n) is 9.06. The Bertz CT molecular complexity index is 544. The van der Waals surface area contributed by atoms with E-state index in [4.69, 9.17) is 5.73 Å². The molecule has 2 N–H and O–H groups in total. The molecule has 1 aromatic rings. The van der Waals surface area contributed by atoms with Crippen molar-refractivity contribution in [3.63, 3.8) is 0 Å². The van der Waals surface area contributed by atoms with Gasteiger partial charge in [0.05, 0.1) is 0 Å². The zero-order chi connectivity index (χ0) is 12.3. The molecule has 2 rings (SSSR count). The first-order valence-electron chi connectivity index (χ1n) is 5.15. The molecule has 0 saturated heterocycles. The summed E-state index contributed by atoms with van der Waals surface area (Å²) in [6.07, 6.45) is 7.45. The summed E-state index contributed by atoms with van der Waals surface area (Å²) in [5, 5.41) is 0. The Morgan fingerprint density at radius 2 is 2.24 bits per heavy atom. The first-order valence-corrected chi connectivity index (χ1v) is 5.95. The molecule has 0 amide bonds. The maximum absolute atomic E-state index is 12.3.